The van der Waals surface area contributed by atoms with Crippen LogP contribution in [0.5, 0.6) is 0 Å². The Kier molecular flexibility index (Phi) is 10.1. The van der Waals surface area contributed by atoms with Crippen LogP contribution in [-0.4, -0.2) is 3.21 Å². The third-order valence-electron chi connectivity index (χ3n) is 12.0. The van der Waals surface area contributed by atoms with Crippen molar-refractivity contribution in [2.75, 3.05) is 0 Å². The van der Waals surface area contributed by atoms with Crippen molar-refractivity contribution in [2.45, 2.75) is 104 Å². The van der Waals surface area contributed by atoms with Crippen molar-refractivity contribution in [2.24, 2.45) is 23.2 Å². The molecule has 0 aliphatic heterocycles. The van der Waals surface area contributed by atoms with E-state index >= 15 is 0 Å². The van der Waals surface area contributed by atoms with Gasteiger partial charge in [0.05, 0.1) is 0 Å². The van der Waals surface area contributed by atoms with E-state index in [0.29, 0.717) is 5.41 Å². The van der Waals surface area contributed by atoms with E-state index in [4.69, 9.17) is 0 Å². The summed E-state index contributed by atoms with van der Waals surface area (Å²) < 4.78 is 1.42. The topological polar surface area (TPSA) is 0 Å². The zero-order valence-electron chi connectivity index (χ0n) is 31.2. The molecule has 4 aromatic rings. The first kappa shape index (κ1) is 35.5. The van der Waals surface area contributed by atoms with Crippen LogP contribution in [0.2, 0.25) is 0 Å². The first-order valence-corrected chi connectivity index (χ1v) is 20.3. The zero-order valence-corrected chi connectivity index (χ0v) is 33.7. The van der Waals surface area contributed by atoms with Gasteiger partial charge in [-0.15, -0.1) is 12.0 Å². The van der Waals surface area contributed by atoms with Crippen molar-refractivity contribution in [3.8, 4) is 11.1 Å². The van der Waals surface area contributed by atoms with Gasteiger partial charge in [0.2, 0.25) is 0 Å². The molecule has 0 spiro atoms. The molecular formula is C49H54Zr. The number of hydrogen-bond acceptors (Lipinski definition) is 0. The third kappa shape index (κ3) is 7.65. The summed E-state index contributed by atoms with van der Waals surface area (Å²) in [5.74, 6) is 3.23. The predicted octanol–water partition coefficient (Wildman–Crippen LogP) is 12.3. The van der Waals surface area contributed by atoms with Crippen LogP contribution in [0.1, 0.15) is 120 Å². The van der Waals surface area contributed by atoms with Crippen LogP contribution in [0.15, 0.2) is 109 Å². The molecule has 0 amide bonds. The standard InChI is InChI=1S/C21H25.C15H19.C13H10.Zr/c1-20(2,3)16-9-7-14-11-15-8-10-17(21(4,5)6)13-19(15)18(14)12-16;1-2-4-14(3-1)15-8-11-5-12(9-15)7-13(6-11)10-15;1-3-7-12(8-4-1)11-13-9-5-2-6-10-13;/h7,9-10,12-13H,11H2,1-6H3;3-4,11-13H,1,5-10H2;1-10H;/q2*-1;;+2. The molecule has 4 aromatic carbocycles. The summed E-state index contributed by atoms with van der Waals surface area (Å²) in [5, 5.41) is 0. The Morgan fingerprint density at radius 1 is 0.680 bits per heavy atom. The van der Waals surface area contributed by atoms with Crippen LogP contribution in [-0.2, 0) is 41.5 Å². The molecule has 1 heteroatoms. The number of rotatable bonds is 3. The SMILES string of the molecule is CC(C)(C)c1c[c-]c2c(c1)-c1cc(C(C)(C)C)ccc1C2.[C-]1=CC(C23CC4CC(CC(C4)C2)C3)=CC1.[Zr+2]=[C](c1ccccc1)c1ccccc1. The molecule has 4 bridgehead atoms. The summed E-state index contributed by atoms with van der Waals surface area (Å²) in [6, 6.07) is 36.2. The summed E-state index contributed by atoms with van der Waals surface area (Å²) >= 11 is 1.46. The van der Waals surface area contributed by atoms with Gasteiger partial charge >= 0.3 is 99.2 Å². The van der Waals surface area contributed by atoms with Gasteiger partial charge in [-0.1, -0.05) is 101 Å². The normalized spacial score (nSPS) is 24.0. The molecule has 6 aliphatic carbocycles. The van der Waals surface area contributed by atoms with Gasteiger partial charge in [-0.3, -0.25) is 6.08 Å². The van der Waals surface area contributed by atoms with Crippen molar-refractivity contribution < 1.29 is 24.2 Å². The van der Waals surface area contributed by atoms with E-state index < -0.39 is 0 Å². The fourth-order valence-electron chi connectivity index (χ4n) is 9.59. The molecule has 6 aliphatic rings. The number of allylic oxidation sites excluding steroid dienone is 4. The summed E-state index contributed by atoms with van der Waals surface area (Å²) in [5.41, 5.74) is 13.7. The number of benzene rings is 4. The summed E-state index contributed by atoms with van der Waals surface area (Å²) in [4.78, 5) is 0. The molecule has 4 saturated carbocycles. The van der Waals surface area contributed by atoms with E-state index in [-0.39, 0.29) is 10.8 Å². The van der Waals surface area contributed by atoms with Crippen molar-refractivity contribution in [3.05, 3.63) is 154 Å². The molecule has 0 nitrogen and oxygen atoms in total. The summed E-state index contributed by atoms with van der Waals surface area (Å²) in [7, 11) is 0. The van der Waals surface area contributed by atoms with E-state index in [2.05, 4.69) is 157 Å². The summed E-state index contributed by atoms with van der Waals surface area (Å²) in [6.45, 7) is 13.6. The molecular weight excluding hydrogens is 680 g/mol. The van der Waals surface area contributed by atoms with Crippen LogP contribution >= 0.6 is 0 Å². The van der Waals surface area contributed by atoms with Gasteiger partial charge < -0.3 is 0 Å². The Morgan fingerprint density at radius 2 is 1.22 bits per heavy atom. The van der Waals surface area contributed by atoms with E-state index in [9.17, 15) is 0 Å². The fraction of sp³-hybridized carbons (Fsp3) is 0.408. The van der Waals surface area contributed by atoms with Crippen LogP contribution < -0.4 is 0 Å². The Morgan fingerprint density at radius 3 is 1.72 bits per heavy atom. The monoisotopic (exact) mass is 732 g/mol. The second-order valence-corrected chi connectivity index (χ2v) is 19.1. The van der Waals surface area contributed by atoms with Crippen molar-refractivity contribution in [1.82, 2.24) is 0 Å². The van der Waals surface area contributed by atoms with Crippen molar-refractivity contribution >= 4 is 3.21 Å². The fourth-order valence-corrected chi connectivity index (χ4v) is 10.4. The second-order valence-electron chi connectivity index (χ2n) is 17.8. The molecule has 50 heavy (non-hydrogen) atoms. The van der Waals surface area contributed by atoms with Crippen LogP contribution in [0.4, 0.5) is 0 Å². The van der Waals surface area contributed by atoms with Gasteiger partial charge in [0, 0.05) is 0 Å². The Hall–Kier alpha value is -2.89. The predicted molar refractivity (Wildman–Crippen MR) is 208 cm³/mol. The molecule has 10 rings (SSSR count). The molecule has 0 N–H and O–H groups in total. The molecule has 0 heterocycles. The van der Waals surface area contributed by atoms with Crippen LogP contribution in [0.3, 0.4) is 0 Å². The zero-order chi connectivity index (χ0) is 35.1. The molecule has 4 fully saturated rings. The molecule has 0 aromatic heterocycles. The summed E-state index contributed by atoms with van der Waals surface area (Å²) in [6.07, 6.45) is 19.4. The molecule has 0 saturated heterocycles. The maximum absolute atomic E-state index is 3.53. The average Bonchev–Trinajstić information content (AvgIpc) is 3.77. The Balaban J connectivity index is 0.000000121. The quantitative estimate of drug-likeness (QED) is 0.162. The van der Waals surface area contributed by atoms with Crippen LogP contribution in [0, 0.1) is 35.3 Å². The molecule has 254 valence electrons. The van der Waals surface area contributed by atoms with E-state index in [0.717, 1.165) is 30.6 Å². The van der Waals surface area contributed by atoms with Gasteiger partial charge in [0.1, 0.15) is 0 Å². The average molecular weight is 734 g/mol. The van der Waals surface area contributed by atoms with Gasteiger partial charge in [0.15, 0.2) is 0 Å². The molecule has 0 radical (unpaired) electrons. The first-order chi connectivity index (χ1) is 23.9. The molecule has 0 unspecified atom stereocenters. The Bertz CT molecular complexity index is 1750. The second kappa shape index (κ2) is 14.3. The van der Waals surface area contributed by atoms with Gasteiger partial charge in [-0.2, -0.15) is 41.0 Å². The van der Waals surface area contributed by atoms with Crippen LogP contribution in [0.25, 0.3) is 11.1 Å². The van der Waals surface area contributed by atoms with Crippen molar-refractivity contribution in [3.63, 3.8) is 0 Å². The minimum absolute atomic E-state index is 0.177. The maximum atomic E-state index is 3.53. The first-order valence-electron chi connectivity index (χ1n) is 19.0. The van der Waals surface area contributed by atoms with Gasteiger partial charge in [-0.25, -0.2) is 6.08 Å². The number of hydrogen-bond donors (Lipinski definition) is 0. The minimum atomic E-state index is 0.177. The van der Waals surface area contributed by atoms with Gasteiger partial charge in [0.25, 0.3) is 0 Å². The Labute approximate surface area is 317 Å². The number of fused-ring (bicyclic) bond motifs is 3. The third-order valence-corrected chi connectivity index (χ3v) is 13.4. The van der Waals surface area contributed by atoms with Crippen molar-refractivity contribution in [1.29, 1.82) is 0 Å². The molecule has 0 atom stereocenters. The van der Waals surface area contributed by atoms with E-state index in [1.165, 1.54) is 91.2 Å². The van der Waals surface area contributed by atoms with E-state index in [1.807, 2.05) is 0 Å². The van der Waals surface area contributed by atoms with E-state index in [1.54, 1.807) is 24.8 Å². The van der Waals surface area contributed by atoms with Gasteiger partial charge in [-0.05, 0) is 54.4 Å².